The number of benzene rings is 1. The first kappa shape index (κ1) is 17.0. The molecular weight excluding hydrogens is 367 g/mol. The van der Waals surface area contributed by atoms with Gasteiger partial charge in [-0.2, -0.15) is 4.99 Å². The number of sulfone groups is 1. The van der Waals surface area contributed by atoms with E-state index in [-0.39, 0.29) is 28.4 Å². The Morgan fingerprint density at radius 1 is 1.32 bits per heavy atom. The molecule has 0 saturated carbocycles. The number of hydrogen-bond donors (Lipinski definition) is 0. The van der Waals surface area contributed by atoms with Gasteiger partial charge in [-0.15, -0.1) is 0 Å². The van der Waals surface area contributed by atoms with Crippen LogP contribution in [-0.2, 0) is 19.4 Å². The van der Waals surface area contributed by atoms with Crippen LogP contribution in [0.15, 0.2) is 29.3 Å². The molecule has 6 nitrogen and oxygen atoms in total. The van der Waals surface area contributed by atoms with E-state index in [0.717, 1.165) is 6.42 Å². The Morgan fingerprint density at radius 2 is 2.12 bits per heavy atom. The van der Waals surface area contributed by atoms with Crippen molar-refractivity contribution in [3.63, 3.8) is 0 Å². The first-order valence-electron chi connectivity index (χ1n) is 8.09. The van der Waals surface area contributed by atoms with E-state index < -0.39 is 27.8 Å². The fraction of sp³-hybridized carbons (Fsp3) is 0.500. The predicted octanol–water partition coefficient (Wildman–Crippen LogP) is 1.61. The average Bonchev–Trinajstić information content (AvgIpc) is 3.23. The third-order valence-corrected chi connectivity index (χ3v) is 7.80. The summed E-state index contributed by atoms with van der Waals surface area (Å²) >= 11 is 1.24. The van der Waals surface area contributed by atoms with Gasteiger partial charge in [-0.3, -0.25) is 4.79 Å². The van der Waals surface area contributed by atoms with Crippen LogP contribution in [-0.4, -0.2) is 55.0 Å². The van der Waals surface area contributed by atoms with Crippen LogP contribution in [0.2, 0.25) is 0 Å². The summed E-state index contributed by atoms with van der Waals surface area (Å²) in [7, 11) is -3.18. The highest BCUT2D eigenvalue weighted by Gasteiger charge is 2.50. The number of amides is 1. The Morgan fingerprint density at radius 3 is 2.84 bits per heavy atom. The molecule has 0 N–H and O–H groups in total. The maximum atomic E-state index is 14.3. The monoisotopic (exact) mass is 384 g/mol. The summed E-state index contributed by atoms with van der Waals surface area (Å²) in [6, 6.07) is 5.73. The van der Waals surface area contributed by atoms with E-state index in [9.17, 15) is 17.6 Å². The Bertz CT molecular complexity index is 836. The number of thioether (sulfide) groups is 1. The standard InChI is InChI=1S/C16H17FN2O4S2/c17-10-4-1-2-5-11(10)19-12-8-25(21,22)9-14(12)24-16(19)18-15(20)13-6-3-7-23-13/h1-2,4-5,12-14H,3,6-9H2/t12-,13+,14+/m0/s1. The zero-order valence-corrected chi connectivity index (χ0v) is 14.9. The van der Waals surface area contributed by atoms with Crippen molar-refractivity contribution in [1.82, 2.24) is 0 Å². The van der Waals surface area contributed by atoms with Gasteiger partial charge in [-0.1, -0.05) is 23.9 Å². The smallest absolute Gasteiger partial charge is 0.277 e. The van der Waals surface area contributed by atoms with E-state index in [1.807, 2.05) is 0 Å². The highest BCUT2D eigenvalue weighted by Crippen LogP contribution is 2.41. The maximum absolute atomic E-state index is 14.3. The van der Waals surface area contributed by atoms with Gasteiger partial charge in [-0.25, -0.2) is 12.8 Å². The first-order valence-corrected chi connectivity index (χ1v) is 10.8. The zero-order chi connectivity index (χ0) is 17.6. The van der Waals surface area contributed by atoms with Crippen molar-refractivity contribution < 1.29 is 22.3 Å². The molecule has 1 aromatic carbocycles. The van der Waals surface area contributed by atoms with Gasteiger partial charge >= 0.3 is 0 Å². The van der Waals surface area contributed by atoms with Gasteiger partial charge in [0, 0.05) is 11.9 Å². The Balaban J connectivity index is 1.71. The number of amidine groups is 1. The lowest BCUT2D eigenvalue weighted by molar-refractivity contribution is -0.126. The SMILES string of the molecule is O=C(N=C1S[C@@H]2CS(=O)(=O)C[C@@H]2N1c1ccccc1F)[C@H]1CCCO1. The molecule has 3 saturated heterocycles. The molecule has 0 unspecified atom stereocenters. The number of aliphatic imine (C=N–C) groups is 1. The quantitative estimate of drug-likeness (QED) is 0.771. The lowest BCUT2D eigenvalue weighted by Gasteiger charge is -2.25. The van der Waals surface area contributed by atoms with Crippen LogP contribution in [0.4, 0.5) is 10.1 Å². The number of carbonyl (C=O) groups excluding carboxylic acids is 1. The summed E-state index contributed by atoms with van der Waals surface area (Å²) in [4.78, 5) is 18.1. The van der Waals surface area contributed by atoms with E-state index in [0.29, 0.717) is 18.2 Å². The molecule has 4 rings (SSSR count). The van der Waals surface area contributed by atoms with Crippen molar-refractivity contribution in [2.75, 3.05) is 23.0 Å². The summed E-state index contributed by atoms with van der Waals surface area (Å²) in [5.41, 5.74) is 0.249. The molecule has 3 fully saturated rings. The third-order valence-electron chi connectivity index (χ3n) is 4.59. The van der Waals surface area contributed by atoms with E-state index in [4.69, 9.17) is 4.74 Å². The fourth-order valence-electron chi connectivity index (χ4n) is 3.43. The number of anilines is 1. The molecule has 0 aliphatic carbocycles. The minimum atomic E-state index is -3.18. The van der Waals surface area contributed by atoms with E-state index in [1.54, 1.807) is 23.1 Å². The van der Waals surface area contributed by atoms with E-state index >= 15 is 0 Å². The van der Waals surface area contributed by atoms with Crippen LogP contribution >= 0.6 is 11.8 Å². The molecule has 1 amide bonds. The minimum Gasteiger partial charge on any atom is -0.368 e. The molecule has 9 heteroatoms. The highest BCUT2D eigenvalue weighted by atomic mass is 32.2. The third kappa shape index (κ3) is 3.20. The zero-order valence-electron chi connectivity index (χ0n) is 13.3. The van der Waals surface area contributed by atoms with Gasteiger partial charge in [0.25, 0.3) is 5.91 Å². The van der Waals surface area contributed by atoms with Crippen molar-refractivity contribution in [3.8, 4) is 0 Å². The summed E-state index contributed by atoms with van der Waals surface area (Å²) in [6.45, 7) is 0.537. The number of nitrogens with zero attached hydrogens (tertiary/aromatic N) is 2. The van der Waals surface area contributed by atoms with E-state index in [2.05, 4.69) is 4.99 Å². The maximum Gasteiger partial charge on any atom is 0.277 e. The van der Waals surface area contributed by atoms with E-state index in [1.165, 1.54) is 17.8 Å². The Labute approximate surface area is 149 Å². The Kier molecular flexibility index (Phi) is 4.33. The van der Waals surface area contributed by atoms with Gasteiger partial charge < -0.3 is 9.64 Å². The predicted molar refractivity (Wildman–Crippen MR) is 94.1 cm³/mol. The lowest BCUT2D eigenvalue weighted by atomic mass is 10.2. The van der Waals surface area contributed by atoms with Gasteiger partial charge in [0.05, 0.1) is 23.2 Å². The largest absolute Gasteiger partial charge is 0.368 e. The van der Waals surface area contributed by atoms with Gasteiger partial charge in [0.15, 0.2) is 15.0 Å². The first-order chi connectivity index (χ1) is 11.9. The number of ether oxygens (including phenoxy) is 1. The summed E-state index contributed by atoms with van der Waals surface area (Å²) in [5.74, 6) is -0.901. The number of para-hydroxylation sites is 1. The van der Waals surface area contributed by atoms with Crippen molar-refractivity contribution in [1.29, 1.82) is 0 Å². The van der Waals surface area contributed by atoms with Crippen molar-refractivity contribution in [3.05, 3.63) is 30.1 Å². The number of fused-ring (bicyclic) bond motifs is 1. The normalized spacial score (nSPS) is 32.3. The number of hydrogen-bond acceptors (Lipinski definition) is 5. The van der Waals surface area contributed by atoms with Crippen LogP contribution in [0.1, 0.15) is 12.8 Å². The topological polar surface area (TPSA) is 76.0 Å². The molecule has 3 aliphatic rings. The van der Waals surface area contributed by atoms with Crippen LogP contribution in [0.3, 0.4) is 0 Å². The van der Waals surface area contributed by atoms with Crippen LogP contribution in [0.25, 0.3) is 0 Å². The molecule has 0 spiro atoms. The molecule has 134 valence electrons. The fourth-order valence-corrected chi connectivity index (χ4v) is 7.34. The molecule has 0 bridgehead atoms. The molecule has 0 aromatic heterocycles. The molecule has 3 atom stereocenters. The minimum absolute atomic E-state index is 0.0143. The molecule has 3 aliphatic heterocycles. The number of carbonyl (C=O) groups is 1. The molecule has 0 radical (unpaired) electrons. The highest BCUT2D eigenvalue weighted by molar-refractivity contribution is 8.16. The summed E-state index contributed by atoms with van der Waals surface area (Å²) < 4.78 is 43.7. The second kappa shape index (κ2) is 6.37. The van der Waals surface area contributed by atoms with Gasteiger partial charge in [0.2, 0.25) is 0 Å². The van der Waals surface area contributed by atoms with Crippen LogP contribution in [0, 0.1) is 5.82 Å². The molecule has 3 heterocycles. The van der Waals surface area contributed by atoms with Crippen LogP contribution in [0.5, 0.6) is 0 Å². The molecule has 25 heavy (non-hydrogen) atoms. The van der Waals surface area contributed by atoms with Crippen LogP contribution < -0.4 is 4.90 Å². The van der Waals surface area contributed by atoms with Crippen molar-refractivity contribution in [2.45, 2.75) is 30.2 Å². The summed E-state index contributed by atoms with van der Waals surface area (Å²) in [5, 5.41) is 0.108. The number of rotatable bonds is 2. The van der Waals surface area contributed by atoms with Gasteiger partial charge in [-0.05, 0) is 25.0 Å². The lowest BCUT2D eigenvalue weighted by Crippen LogP contribution is -2.38. The molecular formula is C16H17FN2O4S2. The number of halogens is 1. The summed E-state index contributed by atoms with van der Waals surface area (Å²) in [6.07, 6.45) is 0.885. The van der Waals surface area contributed by atoms with Crippen molar-refractivity contribution >= 4 is 38.4 Å². The average molecular weight is 384 g/mol. The van der Waals surface area contributed by atoms with Gasteiger partial charge in [0.1, 0.15) is 11.9 Å². The van der Waals surface area contributed by atoms with Crippen molar-refractivity contribution in [2.24, 2.45) is 4.99 Å². The second-order valence-electron chi connectivity index (χ2n) is 6.36. The second-order valence-corrected chi connectivity index (χ2v) is 9.72. The Hall–Kier alpha value is -1.45. The molecule has 1 aromatic rings.